The molecule has 2 aliphatic rings. The van der Waals surface area contributed by atoms with Gasteiger partial charge in [0, 0.05) is 44.8 Å². The van der Waals surface area contributed by atoms with Crippen molar-refractivity contribution in [1.82, 2.24) is 15.1 Å². The van der Waals surface area contributed by atoms with Crippen molar-refractivity contribution >= 4 is 0 Å². The lowest BCUT2D eigenvalue weighted by molar-refractivity contribution is -0.137. The van der Waals surface area contributed by atoms with Gasteiger partial charge in [-0.15, -0.1) is 0 Å². The molecule has 0 radical (unpaired) electrons. The molecule has 35 heavy (non-hydrogen) atoms. The SMILES string of the molecule is COc1ccccc1CCNCC(c1ccc(C(F)(F)F)cc1)N1CCN(C2CCCCC2)CC1. The van der Waals surface area contributed by atoms with E-state index in [1.807, 2.05) is 18.2 Å². The third kappa shape index (κ3) is 6.99. The van der Waals surface area contributed by atoms with Gasteiger partial charge in [0.1, 0.15) is 5.75 Å². The van der Waals surface area contributed by atoms with E-state index in [9.17, 15) is 13.2 Å². The molecule has 1 aliphatic heterocycles. The standard InChI is InChI=1S/C28H38F3N3O/c1-35-27-10-6-5-7-23(27)15-16-32-21-26(22-11-13-24(14-12-22)28(29,30)31)34-19-17-33(18-20-34)25-8-3-2-4-9-25/h5-7,10-14,25-26,32H,2-4,8-9,15-21H2,1H3. The molecule has 192 valence electrons. The molecular weight excluding hydrogens is 451 g/mol. The quantitative estimate of drug-likeness (QED) is 0.468. The third-order valence-corrected chi connectivity index (χ3v) is 7.60. The number of nitrogens with zero attached hydrogens (tertiary/aromatic N) is 2. The summed E-state index contributed by atoms with van der Waals surface area (Å²) in [7, 11) is 1.68. The predicted octanol–water partition coefficient (Wildman–Crippen LogP) is 5.54. The normalized spacial score (nSPS) is 19.5. The van der Waals surface area contributed by atoms with Gasteiger partial charge in [0.15, 0.2) is 0 Å². The van der Waals surface area contributed by atoms with Crippen LogP contribution in [-0.2, 0) is 12.6 Å². The number of rotatable bonds is 9. The molecule has 1 unspecified atom stereocenters. The summed E-state index contributed by atoms with van der Waals surface area (Å²) >= 11 is 0. The summed E-state index contributed by atoms with van der Waals surface area (Å²) in [6, 6.07) is 14.5. The molecule has 1 aliphatic carbocycles. The first-order chi connectivity index (χ1) is 17.0. The van der Waals surface area contributed by atoms with E-state index < -0.39 is 11.7 Å². The first-order valence-electron chi connectivity index (χ1n) is 12.9. The molecular formula is C28H38F3N3O. The second kappa shape index (κ2) is 12.2. The molecule has 1 N–H and O–H groups in total. The Balaban J connectivity index is 1.39. The third-order valence-electron chi connectivity index (χ3n) is 7.60. The summed E-state index contributed by atoms with van der Waals surface area (Å²) < 4.78 is 44.8. The lowest BCUT2D eigenvalue weighted by Gasteiger charge is -2.43. The van der Waals surface area contributed by atoms with Crippen LogP contribution in [0, 0.1) is 0 Å². The monoisotopic (exact) mass is 489 g/mol. The van der Waals surface area contributed by atoms with E-state index in [-0.39, 0.29) is 6.04 Å². The molecule has 0 aromatic heterocycles. The average Bonchev–Trinajstić information content (AvgIpc) is 2.89. The van der Waals surface area contributed by atoms with Crippen LogP contribution in [0.25, 0.3) is 0 Å². The summed E-state index contributed by atoms with van der Waals surface area (Å²) in [6.45, 7) is 5.42. The molecule has 4 rings (SSSR count). The zero-order valence-electron chi connectivity index (χ0n) is 20.7. The highest BCUT2D eigenvalue weighted by molar-refractivity contribution is 5.33. The Morgan fingerprint density at radius 3 is 2.29 bits per heavy atom. The second-order valence-electron chi connectivity index (χ2n) is 9.77. The summed E-state index contributed by atoms with van der Waals surface area (Å²) in [5.41, 5.74) is 1.50. The number of benzene rings is 2. The van der Waals surface area contributed by atoms with Crippen molar-refractivity contribution in [3.05, 3.63) is 65.2 Å². The van der Waals surface area contributed by atoms with E-state index in [4.69, 9.17) is 4.74 Å². The predicted molar refractivity (Wildman–Crippen MR) is 134 cm³/mol. The number of ether oxygens (including phenoxy) is 1. The fourth-order valence-electron chi connectivity index (χ4n) is 5.58. The van der Waals surface area contributed by atoms with Crippen LogP contribution in [0.2, 0.25) is 0 Å². The van der Waals surface area contributed by atoms with Crippen LogP contribution in [-0.4, -0.2) is 62.2 Å². The van der Waals surface area contributed by atoms with Crippen LogP contribution in [0.1, 0.15) is 54.8 Å². The number of halogens is 3. The van der Waals surface area contributed by atoms with E-state index in [0.717, 1.165) is 56.0 Å². The van der Waals surface area contributed by atoms with Crippen molar-refractivity contribution < 1.29 is 17.9 Å². The van der Waals surface area contributed by atoms with E-state index in [1.54, 1.807) is 19.2 Å². The Bertz CT molecular complexity index is 904. The molecule has 1 atom stereocenters. The molecule has 1 saturated carbocycles. The maximum atomic E-state index is 13.1. The van der Waals surface area contributed by atoms with Crippen LogP contribution < -0.4 is 10.1 Å². The van der Waals surface area contributed by atoms with Crippen molar-refractivity contribution in [3.8, 4) is 5.75 Å². The Morgan fingerprint density at radius 2 is 1.63 bits per heavy atom. The minimum atomic E-state index is -4.31. The Hall–Kier alpha value is -2.09. The van der Waals surface area contributed by atoms with Gasteiger partial charge in [0.2, 0.25) is 0 Å². The number of hydrogen-bond acceptors (Lipinski definition) is 4. The molecule has 4 nitrogen and oxygen atoms in total. The largest absolute Gasteiger partial charge is 0.496 e. The van der Waals surface area contributed by atoms with E-state index in [0.29, 0.717) is 12.6 Å². The van der Waals surface area contributed by atoms with Crippen LogP contribution in [0.4, 0.5) is 13.2 Å². The van der Waals surface area contributed by atoms with E-state index in [1.165, 1.54) is 44.2 Å². The molecule has 1 heterocycles. The van der Waals surface area contributed by atoms with Crippen molar-refractivity contribution in [2.45, 2.75) is 56.8 Å². The van der Waals surface area contributed by atoms with Crippen molar-refractivity contribution in [3.63, 3.8) is 0 Å². The van der Waals surface area contributed by atoms with Crippen molar-refractivity contribution in [2.75, 3.05) is 46.4 Å². The number of piperazine rings is 1. The van der Waals surface area contributed by atoms with Gasteiger partial charge < -0.3 is 10.1 Å². The molecule has 2 aromatic rings. The summed E-state index contributed by atoms with van der Waals surface area (Å²) in [5.74, 6) is 0.882. The lowest BCUT2D eigenvalue weighted by atomic mass is 9.93. The molecule has 2 aromatic carbocycles. The molecule has 0 amide bonds. The fraction of sp³-hybridized carbons (Fsp3) is 0.571. The van der Waals surface area contributed by atoms with Crippen LogP contribution in [0.3, 0.4) is 0 Å². The number of methoxy groups -OCH3 is 1. The van der Waals surface area contributed by atoms with Gasteiger partial charge >= 0.3 is 6.18 Å². The highest BCUT2D eigenvalue weighted by atomic mass is 19.4. The minimum Gasteiger partial charge on any atom is -0.496 e. The zero-order chi connectivity index (χ0) is 24.7. The molecule has 0 spiro atoms. The maximum Gasteiger partial charge on any atom is 0.416 e. The molecule has 0 bridgehead atoms. The number of alkyl halides is 3. The number of nitrogens with one attached hydrogen (secondary N) is 1. The Morgan fingerprint density at radius 1 is 0.943 bits per heavy atom. The first kappa shape index (κ1) is 26.0. The second-order valence-corrected chi connectivity index (χ2v) is 9.77. The Labute approximate surface area is 207 Å². The molecule has 2 fully saturated rings. The summed E-state index contributed by atoms with van der Waals surface area (Å²) in [6.07, 6.45) is 3.13. The van der Waals surface area contributed by atoms with Gasteiger partial charge in [-0.3, -0.25) is 9.80 Å². The van der Waals surface area contributed by atoms with Crippen LogP contribution >= 0.6 is 0 Å². The van der Waals surface area contributed by atoms with Gasteiger partial charge in [-0.2, -0.15) is 13.2 Å². The van der Waals surface area contributed by atoms with E-state index in [2.05, 4.69) is 21.2 Å². The Kier molecular flexibility index (Phi) is 9.09. The zero-order valence-corrected chi connectivity index (χ0v) is 20.7. The lowest BCUT2D eigenvalue weighted by Crippen LogP contribution is -2.52. The van der Waals surface area contributed by atoms with Gasteiger partial charge in [-0.05, 0) is 55.1 Å². The first-order valence-corrected chi connectivity index (χ1v) is 12.9. The highest BCUT2D eigenvalue weighted by Crippen LogP contribution is 2.31. The van der Waals surface area contributed by atoms with Gasteiger partial charge in [0.25, 0.3) is 0 Å². The van der Waals surface area contributed by atoms with E-state index >= 15 is 0 Å². The van der Waals surface area contributed by atoms with Gasteiger partial charge in [-0.25, -0.2) is 0 Å². The van der Waals surface area contributed by atoms with Crippen LogP contribution in [0.15, 0.2) is 48.5 Å². The summed E-state index contributed by atoms with van der Waals surface area (Å²) in [5, 5.41) is 3.57. The molecule has 1 saturated heterocycles. The van der Waals surface area contributed by atoms with Crippen LogP contribution in [0.5, 0.6) is 5.75 Å². The summed E-state index contributed by atoms with van der Waals surface area (Å²) in [4.78, 5) is 5.08. The highest BCUT2D eigenvalue weighted by Gasteiger charge is 2.32. The minimum absolute atomic E-state index is 0.0449. The van der Waals surface area contributed by atoms with Gasteiger partial charge in [0.05, 0.1) is 12.7 Å². The van der Waals surface area contributed by atoms with Crippen molar-refractivity contribution in [1.29, 1.82) is 0 Å². The van der Waals surface area contributed by atoms with Crippen molar-refractivity contribution in [2.24, 2.45) is 0 Å². The molecule has 7 heteroatoms. The topological polar surface area (TPSA) is 27.7 Å². The smallest absolute Gasteiger partial charge is 0.416 e. The number of para-hydroxylation sites is 1. The number of hydrogen-bond donors (Lipinski definition) is 1. The average molecular weight is 490 g/mol. The maximum absolute atomic E-state index is 13.1. The van der Waals surface area contributed by atoms with Gasteiger partial charge in [-0.1, -0.05) is 49.6 Å². The fourth-order valence-corrected chi connectivity index (χ4v) is 5.58.